The minimum atomic E-state index is -1.09. The van der Waals surface area contributed by atoms with Crippen LogP contribution in [0.1, 0.15) is 31.8 Å². The zero-order valence-corrected chi connectivity index (χ0v) is 24.1. The van der Waals surface area contributed by atoms with Crippen LogP contribution >= 0.6 is 11.8 Å². The lowest BCUT2D eigenvalue weighted by molar-refractivity contribution is -0.385. The molecule has 222 valence electrons. The topological polar surface area (TPSA) is 168 Å². The Balaban J connectivity index is 1.44. The number of amides is 3. The SMILES string of the molecule is Cc1ccc(C(=O)O)cc1NC(=O)CSc1ccc(NC(=O)/C(=C/c2ccccc2[N+](=O)[O-])NC(=O)c2ccccc2)cc1. The largest absolute Gasteiger partial charge is 0.478 e. The lowest BCUT2D eigenvalue weighted by atomic mass is 10.1. The maximum atomic E-state index is 13.3. The Labute approximate surface area is 256 Å². The molecule has 0 saturated heterocycles. The number of nitrogens with zero attached hydrogens (tertiary/aromatic N) is 1. The highest BCUT2D eigenvalue weighted by molar-refractivity contribution is 8.00. The second kappa shape index (κ2) is 14.4. The number of aryl methyl sites for hydroxylation is 1. The normalized spacial score (nSPS) is 10.9. The molecule has 11 nitrogen and oxygen atoms in total. The first kappa shape index (κ1) is 31.2. The summed E-state index contributed by atoms with van der Waals surface area (Å²) in [5.41, 5.74) is 1.58. The van der Waals surface area contributed by atoms with E-state index in [1.807, 2.05) is 0 Å². The van der Waals surface area contributed by atoms with E-state index in [0.29, 0.717) is 16.9 Å². The summed E-state index contributed by atoms with van der Waals surface area (Å²) in [4.78, 5) is 61.5. The molecule has 0 aliphatic heterocycles. The molecule has 4 aromatic rings. The molecule has 0 unspecified atom stereocenters. The van der Waals surface area contributed by atoms with Crippen molar-refractivity contribution >= 4 is 58.6 Å². The number of para-hydroxylation sites is 1. The lowest BCUT2D eigenvalue weighted by Gasteiger charge is -2.12. The van der Waals surface area contributed by atoms with Crippen molar-refractivity contribution in [2.45, 2.75) is 11.8 Å². The van der Waals surface area contributed by atoms with Crippen LogP contribution in [0, 0.1) is 17.0 Å². The summed E-state index contributed by atoms with van der Waals surface area (Å²) in [5.74, 6) is -2.63. The molecule has 0 aliphatic rings. The quantitative estimate of drug-likeness (QED) is 0.0721. The van der Waals surface area contributed by atoms with E-state index in [1.165, 1.54) is 48.2 Å². The van der Waals surface area contributed by atoms with Gasteiger partial charge < -0.3 is 21.1 Å². The second-order valence-electron chi connectivity index (χ2n) is 9.34. The van der Waals surface area contributed by atoms with Crippen LogP contribution in [0.25, 0.3) is 6.08 Å². The highest BCUT2D eigenvalue weighted by Crippen LogP contribution is 2.24. The van der Waals surface area contributed by atoms with Crippen molar-refractivity contribution in [2.75, 3.05) is 16.4 Å². The van der Waals surface area contributed by atoms with Crippen LogP contribution in [0.2, 0.25) is 0 Å². The number of nitro benzene ring substituents is 1. The fourth-order valence-electron chi connectivity index (χ4n) is 3.93. The van der Waals surface area contributed by atoms with Gasteiger partial charge in [-0.15, -0.1) is 11.8 Å². The molecular formula is C32H26N4O7S. The van der Waals surface area contributed by atoms with E-state index in [2.05, 4.69) is 16.0 Å². The number of aromatic carboxylic acids is 1. The number of benzene rings is 4. The average molecular weight is 611 g/mol. The lowest BCUT2D eigenvalue weighted by Crippen LogP contribution is -2.30. The molecule has 0 heterocycles. The minimum absolute atomic E-state index is 0.0523. The van der Waals surface area contributed by atoms with E-state index >= 15 is 0 Å². The predicted octanol–water partition coefficient (Wildman–Crippen LogP) is 5.74. The summed E-state index contributed by atoms with van der Waals surface area (Å²) in [5, 5.41) is 28.7. The fraction of sp³-hybridized carbons (Fsp3) is 0.0625. The molecule has 3 amide bonds. The van der Waals surface area contributed by atoms with Gasteiger partial charge in [0.2, 0.25) is 5.91 Å². The molecule has 0 aliphatic carbocycles. The van der Waals surface area contributed by atoms with Crippen molar-refractivity contribution in [3.63, 3.8) is 0 Å². The number of anilines is 2. The van der Waals surface area contributed by atoms with Crippen molar-refractivity contribution < 1.29 is 29.2 Å². The maximum absolute atomic E-state index is 13.3. The Bertz CT molecular complexity index is 1760. The Kier molecular flexibility index (Phi) is 10.2. The number of rotatable bonds is 11. The zero-order chi connectivity index (χ0) is 31.6. The number of nitrogens with one attached hydrogen (secondary N) is 3. The molecular weight excluding hydrogens is 584 g/mol. The third kappa shape index (κ3) is 8.39. The highest BCUT2D eigenvalue weighted by Gasteiger charge is 2.18. The Hall–Kier alpha value is -5.75. The molecule has 44 heavy (non-hydrogen) atoms. The second-order valence-corrected chi connectivity index (χ2v) is 10.4. The number of carbonyl (C=O) groups excluding carboxylic acids is 3. The number of hydrogen-bond acceptors (Lipinski definition) is 7. The third-order valence-corrected chi connectivity index (χ3v) is 7.21. The smallest absolute Gasteiger partial charge is 0.335 e. The van der Waals surface area contributed by atoms with Crippen LogP contribution in [0.5, 0.6) is 0 Å². The van der Waals surface area contributed by atoms with Gasteiger partial charge in [-0.1, -0.05) is 36.4 Å². The van der Waals surface area contributed by atoms with Crippen molar-refractivity contribution in [3.8, 4) is 0 Å². The van der Waals surface area contributed by atoms with E-state index in [-0.39, 0.29) is 34.2 Å². The number of nitro groups is 1. The molecule has 0 radical (unpaired) electrons. The Morgan fingerprint density at radius 2 is 1.55 bits per heavy atom. The van der Waals surface area contributed by atoms with Crippen LogP contribution in [0.3, 0.4) is 0 Å². The summed E-state index contributed by atoms with van der Waals surface area (Å²) < 4.78 is 0. The first-order valence-electron chi connectivity index (χ1n) is 13.1. The number of carboxylic acid groups (broad SMARTS) is 1. The summed E-state index contributed by atoms with van der Waals surface area (Å²) >= 11 is 1.24. The molecule has 0 atom stereocenters. The van der Waals surface area contributed by atoms with Gasteiger partial charge in [0.15, 0.2) is 0 Å². The zero-order valence-electron chi connectivity index (χ0n) is 23.3. The van der Waals surface area contributed by atoms with E-state index in [4.69, 9.17) is 0 Å². The van der Waals surface area contributed by atoms with Crippen molar-refractivity contribution in [2.24, 2.45) is 0 Å². The van der Waals surface area contributed by atoms with Crippen molar-refractivity contribution in [1.82, 2.24) is 5.32 Å². The molecule has 0 spiro atoms. The van der Waals surface area contributed by atoms with Crippen LogP contribution in [-0.2, 0) is 9.59 Å². The van der Waals surface area contributed by atoms with Gasteiger partial charge in [0, 0.05) is 27.9 Å². The van der Waals surface area contributed by atoms with Crippen LogP contribution in [-0.4, -0.2) is 39.5 Å². The van der Waals surface area contributed by atoms with E-state index in [1.54, 1.807) is 73.7 Å². The molecule has 4 N–H and O–H groups in total. The van der Waals surface area contributed by atoms with Crippen LogP contribution in [0.15, 0.2) is 108 Å². The van der Waals surface area contributed by atoms with Crippen LogP contribution < -0.4 is 16.0 Å². The minimum Gasteiger partial charge on any atom is -0.478 e. The van der Waals surface area contributed by atoms with Crippen LogP contribution in [0.4, 0.5) is 17.1 Å². The number of hydrogen-bond donors (Lipinski definition) is 4. The van der Waals surface area contributed by atoms with E-state index in [9.17, 15) is 34.4 Å². The van der Waals surface area contributed by atoms with Gasteiger partial charge in [-0.2, -0.15) is 0 Å². The van der Waals surface area contributed by atoms with Gasteiger partial charge in [0.05, 0.1) is 21.8 Å². The first-order valence-corrected chi connectivity index (χ1v) is 14.1. The summed E-state index contributed by atoms with van der Waals surface area (Å²) in [6, 6.07) is 25.1. The van der Waals surface area contributed by atoms with Crippen molar-refractivity contribution in [1.29, 1.82) is 0 Å². The molecule has 4 rings (SSSR count). The standard InChI is InChI=1S/C32H26N4O7S/c1-20-11-12-23(32(40)41)18-26(20)34-29(37)19-44-25-15-13-24(14-16-25)33-31(39)27(35-30(38)21-7-3-2-4-8-21)17-22-9-5-6-10-28(22)36(42)43/h2-18H,19H2,1H3,(H,33,39)(H,34,37)(H,35,38)(H,40,41)/b27-17-. The number of carbonyl (C=O) groups is 4. The van der Waals surface area contributed by atoms with Gasteiger partial charge >= 0.3 is 5.97 Å². The first-order chi connectivity index (χ1) is 21.1. The van der Waals surface area contributed by atoms with Gasteiger partial charge in [-0.25, -0.2) is 4.79 Å². The van der Waals surface area contributed by atoms with E-state index in [0.717, 1.165) is 10.5 Å². The van der Waals surface area contributed by atoms with Gasteiger partial charge in [0.25, 0.3) is 17.5 Å². The molecule has 12 heteroatoms. The number of thioether (sulfide) groups is 1. The molecule has 4 aromatic carbocycles. The molecule has 0 fully saturated rings. The van der Waals surface area contributed by atoms with E-state index < -0.39 is 22.7 Å². The maximum Gasteiger partial charge on any atom is 0.335 e. The summed E-state index contributed by atoms with van der Waals surface area (Å²) in [6.07, 6.45) is 1.24. The monoisotopic (exact) mass is 610 g/mol. The predicted molar refractivity (Wildman–Crippen MR) is 168 cm³/mol. The highest BCUT2D eigenvalue weighted by atomic mass is 32.2. The molecule has 0 saturated carbocycles. The fourth-order valence-corrected chi connectivity index (χ4v) is 4.63. The van der Waals surface area contributed by atoms with Gasteiger partial charge in [0.1, 0.15) is 5.70 Å². The summed E-state index contributed by atoms with van der Waals surface area (Å²) in [7, 11) is 0. The van der Waals surface area contributed by atoms with Gasteiger partial charge in [-0.05, 0) is 73.2 Å². The third-order valence-electron chi connectivity index (χ3n) is 6.20. The molecule has 0 aromatic heterocycles. The Morgan fingerprint density at radius 1 is 0.864 bits per heavy atom. The van der Waals surface area contributed by atoms with Crippen molar-refractivity contribution in [3.05, 3.63) is 135 Å². The number of carboxylic acids is 1. The van der Waals surface area contributed by atoms with Gasteiger partial charge in [-0.3, -0.25) is 24.5 Å². The summed E-state index contributed by atoms with van der Waals surface area (Å²) in [6.45, 7) is 1.76. The molecule has 0 bridgehead atoms. The Morgan fingerprint density at radius 3 is 2.23 bits per heavy atom. The average Bonchev–Trinajstić information content (AvgIpc) is 3.01.